The quantitative estimate of drug-likeness (QED) is 0.195. The van der Waals surface area contributed by atoms with Crippen molar-refractivity contribution >= 4 is 24.3 Å². The number of carbonyl (C=O) groups is 1. The summed E-state index contributed by atoms with van der Waals surface area (Å²) in [5, 5.41) is 0.444. The molecule has 0 aliphatic rings. The molecule has 0 fully saturated rings. The van der Waals surface area contributed by atoms with Crippen LogP contribution >= 0.6 is 0 Å². The minimum atomic E-state index is -2.23. The first-order chi connectivity index (χ1) is 14.2. The van der Waals surface area contributed by atoms with E-state index in [1.54, 1.807) is 12.1 Å². The predicted molar refractivity (Wildman–Crippen MR) is 120 cm³/mol. The van der Waals surface area contributed by atoms with Crippen molar-refractivity contribution in [1.29, 1.82) is 0 Å². The number of esters is 1. The van der Waals surface area contributed by atoms with E-state index in [-0.39, 0.29) is 12.1 Å². The number of rotatable bonds is 14. The molecule has 2 atom stereocenters. The van der Waals surface area contributed by atoms with Gasteiger partial charge in [0.05, 0.1) is 0 Å². The van der Waals surface area contributed by atoms with Gasteiger partial charge in [0.25, 0.3) is 0 Å². The molecule has 0 bridgehead atoms. The Morgan fingerprint density at radius 2 is 1.38 bits per heavy atom. The summed E-state index contributed by atoms with van der Waals surface area (Å²) in [6, 6.07) is 18.6. The average molecular weight is 462 g/mol. The first-order valence-corrected chi connectivity index (χ1v) is 13.7. The summed E-state index contributed by atoms with van der Waals surface area (Å²) in [6.45, 7) is 2.23. The van der Waals surface area contributed by atoms with Crippen LogP contribution in [0.15, 0.2) is 60.7 Å². The Morgan fingerprint density at radius 1 is 0.828 bits per heavy atom. The number of ether oxygens (including phenoxy) is 1. The van der Waals surface area contributed by atoms with Crippen molar-refractivity contribution in [2.75, 3.05) is 0 Å². The fourth-order valence-electron chi connectivity index (χ4n) is 3.31. The summed E-state index contributed by atoms with van der Waals surface area (Å²) >= 11 is -2.23. The zero-order valence-electron chi connectivity index (χ0n) is 17.6. The standard InChI is InChI=1S/C25H34O3Se/c1-2-3-4-5-6-7-8-13-18-23(21-29(27)24-19-14-10-15-20-24)28-25(26)22-16-11-9-12-17-22/h9-12,14-17,19-20,23H,2-8,13,18,21H2,1H3. The topological polar surface area (TPSA) is 43.4 Å². The first-order valence-electron chi connectivity index (χ1n) is 10.9. The van der Waals surface area contributed by atoms with E-state index in [0.717, 1.165) is 23.7 Å². The monoisotopic (exact) mass is 462 g/mol. The number of hydrogen-bond donors (Lipinski definition) is 0. The average Bonchev–Trinajstić information content (AvgIpc) is 2.76. The van der Waals surface area contributed by atoms with Gasteiger partial charge in [-0.2, -0.15) is 0 Å². The van der Waals surface area contributed by atoms with Crippen LogP contribution in [0.3, 0.4) is 0 Å². The van der Waals surface area contributed by atoms with E-state index >= 15 is 0 Å². The third-order valence-electron chi connectivity index (χ3n) is 5.01. The third-order valence-corrected chi connectivity index (χ3v) is 8.10. The molecule has 2 unspecified atom stereocenters. The van der Waals surface area contributed by atoms with Crippen LogP contribution < -0.4 is 4.46 Å². The zero-order chi connectivity index (χ0) is 20.7. The third kappa shape index (κ3) is 9.51. The maximum atomic E-state index is 12.8. The van der Waals surface area contributed by atoms with Crippen molar-refractivity contribution < 1.29 is 13.4 Å². The molecular weight excluding hydrogens is 427 g/mol. The molecule has 0 saturated heterocycles. The molecular formula is C25H34O3Se. The van der Waals surface area contributed by atoms with Gasteiger partial charge in [-0.15, -0.1) is 0 Å². The Balaban J connectivity index is 1.85. The van der Waals surface area contributed by atoms with E-state index in [1.165, 1.54) is 38.5 Å². The Bertz CT molecular complexity index is 662. The molecule has 0 saturated carbocycles. The minimum absolute atomic E-state index is 0.287. The first kappa shape index (κ1) is 23.5. The molecule has 0 amide bonds. The fourth-order valence-corrected chi connectivity index (χ4v) is 5.88. The van der Waals surface area contributed by atoms with Gasteiger partial charge in [0.2, 0.25) is 0 Å². The van der Waals surface area contributed by atoms with Crippen LogP contribution in [0.2, 0.25) is 5.32 Å². The fraction of sp³-hybridized carbons (Fsp3) is 0.480. The molecule has 0 radical (unpaired) electrons. The van der Waals surface area contributed by atoms with Gasteiger partial charge in [0, 0.05) is 0 Å². The second-order valence-corrected chi connectivity index (χ2v) is 10.6. The van der Waals surface area contributed by atoms with Crippen LogP contribution in [0.1, 0.15) is 75.1 Å². The van der Waals surface area contributed by atoms with Gasteiger partial charge >= 0.3 is 180 Å². The Labute approximate surface area is 180 Å². The Kier molecular flexibility index (Phi) is 11.6. The predicted octanol–water partition coefficient (Wildman–Crippen LogP) is 6.07. The van der Waals surface area contributed by atoms with Crippen LogP contribution in [-0.2, 0) is 8.57 Å². The molecule has 3 nitrogen and oxygen atoms in total. The second kappa shape index (κ2) is 14.2. The van der Waals surface area contributed by atoms with Crippen LogP contribution in [0.5, 0.6) is 0 Å². The van der Waals surface area contributed by atoms with Gasteiger partial charge in [-0.25, -0.2) is 0 Å². The summed E-state index contributed by atoms with van der Waals surface area (Å²) in [5.41, 5.74) is 0.551. The van der Waals surface area contributed by atoms with E-state index in [2.05, 4.69) is 6.92 Å². The SMILES string of the molecule is CCCCCCCCCCC(C[Se](=O)c1ccccc1)OC(=O)c1ccccc1. The molecule has 0 N–H and O–H groups in total. The number of unbranched alkanes of at least 4 members (excludes halogenated alkanes) is 7. The molecule has 2 aromatic rings. The normalized spacial score (nSPS) is 13.0. The molecule has 0 spiro atoms. The summed E-state index contributed by atoms with van der Waals surface area (Å²) in [4.78, 5) is 12.5. The molecule has 29 heavy (non-hydrogen) atoms. The number of carbonyl (C=O) groups excluding carboxylic acids is 1. The van der Waals surface area contributed by atoms with Gasteiger partial charge in [-0.1, -0.05) is 0 Å². The summed E-state index contributed by atoms with van der Waals surface area (Å²) < 4.78 is 19.5. The molecule has 2 rings (SSSR count). The van der Waals surface area contributed by atoms with E-state index in [0.29, 0.717) is 10.9 Å². The maximum absolute atomic E-state index is 12.8. The van der Waals surface area contributed by atoms with Crippen LogP contribution in [-0.4, -0.2) is 25.9 Å². The second-order valence-electron chi connectivity index (χ2n) is 7.48. The van der Waals surface area contributed by atoms with Crippen molar-refractivity contribution in [3.05, 3.63) is 66.2 Å². The van der Waals surface area contributed by atoms with E-state index in [4.69, 9.17) is 4.74 Å². The molecule has 0 aliphatic heterocycles. The Hall–Kier alpha value is -1.77. The summed E-state index contributed by atoms with van der Waals surface area (Å²) in [5.74, 6) is -0.318. The van der Waals surface area contributed by atoms with Crippen molar-refractivity contribution in [1.82, 2.24) is 0 Å². The summed E-state index contributed by atoms with van der Waals surface area (Å²) in [7, 11) is 0. The number of hydrogen-bond acceptors (Lipinski definition) is 3. The van der Waals surface area contributed by atoms with E-state index in [1.807, 2.05) is 48.5 Å². The molecule has 2 aromatic carbocycles. The van der Waals surface area contributed by atoms with Crippen LogP contribution in [0, 0.1) is 0 Å². The Morgan fingerprint density at radius 3 is 2.00 bits per heavy atom. The van der Waals surface area contributed by atoms with Crippen LogP contribution in [0.25, 0.3) is 0 Å². The van der Waals surface area contributed by atoms with Gasteiger partial charge in [0.15, 0.2) is 0 Å². The van der Waals surface area contributed by atoms with E-state index < -0.39 is 13.8 Å². The van der Waals surface area contributed by atoms with Gasteiger partial charge in [-0.3, -0.25) is 0 Å². The molecule has 0 heterocycles. The van der Waals surface area contributed by atoms with Crippen molar-refractivity contribution in [3.8, 4) is 0 Å². The van der Waals surface area contributed by atoms with Crippen molar-refractivity contribution in [2.24, 2.45) is 0 Å². The van der Waals surface area contributed by atoms with Crippen molar-refractivity contribution in [2.45, 2.75) is 76.1 Å². The zero-order valence-corrected chi connectivity index (χ0v) is 19.3. The van der Waals surface area contributed by atoms with Gasteiger partial charge in [-0.05, 0) is 0 Å². The molecule has 0 aromatic heterocycles. The van der Waals surface area contributed by atoms with Crippen molar-refractivity contribution in [3.63, 3.8) is 0 Å². The van der Waals surface area contributed by atoms with Crippen LogP contribution in [0.4, 0.5) is 0 Å². The summed E-state index contributed by atoms with van der Waals surface area (Å²) in [6.07, 6.45) is 10.4. The molecule has 158 valence electrons. The molecule has 4 heteroatoms. The molecule has 0 aliphatic carbocycles. The van der Waals surface area contributed by atoms with Gasteiger partial charge in [0.1, 0.15) is 0 Å². The van der Waals surface area contributed by atoms with E-state index in [9.17, 15) is 8.63 Å². The van der Waals surface area contributed by atoms with Gasteiger partial charge < -0.3 is 0 Å². The number of benzene rings is 2.